The molecular weight excluding hydrogens is 246 g/mol. The Hall–Kier alpha value is -1.88. The Morgan fingerprint density at radius 1 is 1.26 bits per heavy atom. The summed E-state index contributed by atoms with van der Waals surface area (Å²) in [6, 6.07) is 6.48. The molecule has 0 aliphatic rings. The number of benzene rings is 1. The molecule has 0 fully saturated rings. The number of aliphatic carboxylic acids is 2. The normalized spacial score (nSPS) is 12.4. The van der Waals surface area contributed by atoms with Crippen LogP contribution in [0.25, 0.3) is 0 Å². The van der Waals surface area contributed by atoms with E-state index in [0.717, 1.165) is 5.56 Å². The van der Waals surface area contributed by atoms with E-state index in [1.807, 2.05) is 26.0 Å². The van der Waals surface area contributed by atoms with Crippen LogP contribution >= 0.6 is 0 Å². The second-order valence-electron chi connectivity index (χ2n) is 4.37. The van der Waals surface area contributed by atoms with Crippen molar-refractivity contribution < 1.29 is 19.8 Å². The zero-order valence-electron chi connectivity index (χ0n) is 11.2. The fourth-order valence-corrected chi connectivity index (χ4v) is 2.09. The number of hydrogen-bond acceptors (Lipinski definition) is 3. The summed E-state index contributed by atoms with van der Waals surface area (Å²) in [6.07, 6.45) is -0.0660. The molecule has 0 amide bonds. The molecule has 0 spiro atoms. The van der Waals surface area contributed by atoms with Crippen molar-refractivity contribution in [2.45, 2.75) is 26.3 Å². The van der Waals surface area contributed by atoms with Gasteiger partial charge >= 0.3 is 11.9 Å². The van der Waals surface area contributed by atoms with Crippen molar-refractivity contribution in [1.29, 1.82) is 0 Å². The average molecular weight is 265 g/mol. The van der Waals surface area contributed by atoms with Crippen LogP contribution in [0, 0.1) is 6.92 Å². The molecule has 1 rings (SSSR count). The first-order chi connectivity index (χ1) is 8.97. The van der Waals surface area contributed by atoms with Gasteiger partial charge in [-0.05, 0) is 24.6 Å². The molecule has 5 nitrogen and oxygen atoms in total. The Kier molecular flexibility index (Phi) is 5.51. The highest BCUT2D eigenvalue weighted by atomic mass is 16.4. The molecule has 0 radical (unpaired) electrons. The van der Waals surface area contributed by atoms with Crippen molar-refractivity contribution in [2.75, 3.05) is 13.1 Å². The third-order valence-electron chi connectivity index (χ3n) is 3.10. The maximum absolute atomic E-state index is 11.5. The molecule has 0 saturated heterocycles. The van der Waals surface area contributed by atoms with Gasteiger partial charge in [0.25, 0.3) is 0 Å². The van der Waals surface area contributed by atoms with Crippen molar-refractivity contribution in [1.82, 2.24) is 4.90 Å². The van der Waals surface area contributed by atoms with E-state index in [-0.39, 0.29) is 13.0 Å². The number of carboxylic acids is 2. The standard InChI is InChI=1S/C14H19NO4/c1-3-15(9-8-12(16)17)13(14(18)19)11-7-5-4-6-10(11)2/h4-7,13H,3,8-9H2,1-2H3,(H,16,17)(H,18,19). The first-order valence-corrected chi connectivity index (χ1v) is 6.21. The van der Waals surface area contributed by atoms with Crippen LogP contribution in [-0.2, 0) is 9.59 Å². The summed E-state index contributed by atoms with van der Waals surface area (Å²) in [5.74, 6) is -1.88. The number of likely N-dealkylation sites (N-methyl/N-ethyl adjacent to an activating group) is 1. The smallest absolute Gasteiger partial charge is 0.325 e. The Labute approximate surface area is 112 Å². The van der Waals surface area contributed by atoms with Crippen LogP contribution in [0.5, 0.6) is 0 Å². The number of hydrogen-bond donors (Lipinski definition) is 2. The van der Waals surface area contributed by atoms with E-state index in [9.17, 15) is 14.7 Å². The van der Waals surface area contributed by atoms with E-state index >= 15 is 0 Å². The molecule has 1 unspecified atom stereocenters. The summed E-state index contributed by atoms with van der Waals surface area (Å²) in [6.45, 7) is 4.39. The molecule has 2 N–H and O–H groups in total. The largest absolute Gasteiger partial charge is 0.481 e. The van der Waals surface area contributed by atoms with E-state index in [4.69, 9.17) is 5.11 Å². The maximum Gasteiger partial charge on any atom is 0.325 e. The zero-order chi connectivity index (χ0) is 14.4. The SMILES string of the molecule is CCN(CCC(=O)O)C(C(=O)O)c1ccccc1C. The molecule has 5 heteroatoms. The van der Waals surface area contributed by atoms with Crippen molar-refractivity contribution in [3.8, 4) is 0 Å². The number of carbonyl (C=O) groups is 2. The first-order valence-electron chi connectivity index (χ1n) is 6.21. The van der Waals surface area contributed by atoms with Crippen molar-refractivity contribution in [2.24, 2.45) is 0 Å². The maximum atomic E-state index is 11.5. The van der Waals surface area contributed by atoms with Gasteiger partial charge in [-0.2, -0.15) is 0 Å². The van der Waals surface area contributed by atoms with Gasteiger partial charge < -0.3 is 10.2 Å². The molecule has 1 atom stereocenters. The van der Waals surface area contributed by atoms with E-state index in [1.165, 1.54) is 0 Å². The predicted octanol–water partition coefficient (Wildman–Crippen LogP) is 1.92. The minimum Gasteiger partial charge on any atom is -0.481 e. The highest BCUT2D eigenvalue weighted by molar-refractivity contribution is 5.76. The van der Waals surface area contributed by atoms with E-state index in [0.29, 0.717) is 12.1 Å². The van der Waals surface area contributed by atoms with Gasteiger partial charge in [0.15, 0.2) is 0 Å². The van der Waals surface area contributed by atoms with Gasteiger partial charge in [0.1, 0.15) is 6.04 Å². The third kappa shape index (κ3) is 4.06. The van der Waals surface area contributed by atoms with Crippen LogP contribution in [0.3, 0.4) is 0 Å². The average Bonchev–Trinajstić information content (AvgIpc) is 2.35. The van der Waals surface area contributed by atoms with Gasteiger partial charge in [0, 0.05) is 6.54 Å². The highest BCUT2D eigenvalue weighted by Crippen LogP contribution is 2.24. The van der Waals surface area contributed by atoms with Gasteiger partial charge in [-0.15, -0.1) is 0 Å². The molecule has 0 saturated carbocycles. The predicted molar refractivity (Wildman–Crippen MR) is 71.1 cm³/mol. The van der Waals surface area contributed by atoms with E-state index < -0.39 is 18.0 Å². The first kappa shape index (κ1) is 15.2. The topological polar surface area (TPSA) is 77.8 Å². The Morgan fingerprint density at radius 3 is 2.37 bits per heavy atom. The van der Waals surface area contributed by atoms with Crippen molar-refractivity contribution in [3.63, 3.8) is 0 Å². The molecule has 0 heterocycles. The van der Waals surface area contributed by atoms with Crippen LogP contribution in [-0.4, -0.2) is 40.1 Å². The van der Waals surface area contributed by atoms with Crippen LogP contribution in [0.2, 0.25) is 0 Å². The number of nitrogens with zero attached hydrogens (tertiary/aromatic N) is 1. The van der Waals surface area contributed by atoms with Crippen LogP contribution in [0.4, 0.5) is 0 Å². The fraction of sp³-hybridized carbons (Fsp3) is 0.429. The minimum absolute atomic E-state index is 0.0660. The lowest BCUT2D eigenvalue weighted by atomic mass is 10.00. The number of carboxylic acid groups (broad SMARTS) is 2. The van der Waals surface area contributed by atoms with Gasteiger partial charge in [0.05, 0.1) is 6.42 Å². The molecule has 1 aromatic carbocycles. The lowest BCUT2D eigenvalue weighted by Crippen LogP contribution is -2.36. The van der Waals surface area contributed by atoms with Crippen molar-refractivity contribution >= 4 is 11.9 Å². The summed E-state index contributed by atoms with van der Waals surface area (Å²) in [5, 5.41) is 18.2. The van der Waals surface area contributed by atoms with Crippen LogP contribution in [0.15, 0.2) is 24.3 Å². The summed E-state index contributed by atoms with van der Waals surface area (Å²) >= 11 is 0. The van der Waals surface area contributed by atoms with Crippen LogP contribution in [0.1, 0.15) is 30.5 Å². The summed E-state index contributed by atoms with van der Waals surface area (Å²) in [4.78, 5) is 23.8. The quantitative estimate of drug-likeness (QED) is 0.787. The number of aryl methyl sites for hydroxylation is 1. The molecule has 0 aliphatic carbocycles. The lowest BCUT2D eigenvalue weighted by Gasteiger charge is -2.28. The number of rotatable bonds is 7. The molecule has 0 bridgehead atoms. The Morgan fingerprint density at radius 2 is 1.89 bits per heavy atom. The molecular formula is C14H19NO4. The van der Waals surface area contributed by atoms with Crippen LogP contribution < -0.4 is 0 Å². The summed E-state index contributed by atoms with van der Waals surface area (Å²) in [5.41, 5.74) is 1.60. The Bertz CT molecular complexity index is 459. The Balaban J connectivity index is 3.02. The van der Waals surface area contributed by atoms with Crippen molar-refractivity contribution in [3.05, 3.63) is 35.4 Å². The summed E-state index contributed by atoms with van der Waals surface area (Å²) in [7, 11) is 0. The fourth-order valence-electron chi connectivity index (χ4n) is 2.09. The van der Waals surface area contributed by atoms with Gasteiger partial charge in [-0.25, -0.2) is 0 Å². The van der Waals surface area contributed by atoms with Gasteiger partial charge in [-0.1, -0.05) is 31.2 Å². The summed E-state index contributed by atoms with van der Waals surface area (Å²) < 4.78 is 0. The van der Waals surface area contributed by atoms with E-state index in [2.05, 4.69) is 0 Å². The second kappa shape index (κ2) is 6.89. The molecule has 1 aromatic rings. The van der Waals surface area contributed by atoms with E-state index in [1.54, 1.807) is 17.0 Å². The molecule has 19 heavy (non-hydrogen) atoms. The monoisotopic (exact) mass is 265 g/mol. The van der Waals surface area contributed by atoms with Gasteiger partial charge in [-0.3, -0.25) is 14.5 Å². The van der Waals surface area contributed by atoms with Gasteiger partial charge in [0.2, 0.25) is 0 Å². The second-order valence-corrected chi connectivity index (χ2v) is 4.37. The zero-order valence-corrected chi connectivity index (χ0v) is 11.2. The molecule has 0 aromatic heterocycles. The lowest BCUT2D eigenvalue weighted by molar-refractivity contribution is -0.145. The minimum atomic E-state index is -0.957. The third-order valence-corrected chi connectivity index (χ3v) is 3.10. The highest BCUT2D eigenvalue weighted by Gasteiger charge is 2.27. The molecule has 0 aliphatic heterocycles. The molecule has 104 valence electrons.